The molecule has 7 heteroatoms. The quantitative estimate of drug-likeness (QED) is 0.785. The molecule has 0 aromatic carbocycles. The van der Waals surface area contributed by atoms with Gasteiger partial charge in [0.05, 0.1) is 24.6 Å². The molecule has 3 heterocycles. The smallest absolute Gasteiger partial charge is 0.151 e. The lowest BCUT2D eigenvalue weighted by Crippen LogP contribution is -2.59. The molecular weight excluding hydrogens is 278 g/mol. The molecule has 0 spiro atoms. The van der Waals surface area contributed by atoms with Crippen LogP contribution in [0.1, 0.15) is 24.5 Å². The lowest BCUT2D eigenvalue weighted by atomic mass is 10.1. The number of likely N-dealkylation sites (N-methyl/N-ethyl adjacent to an activating group) is 1. The first-order valence-corrected chi connectivity index (χ1v) is 7.92. The van der Waals surface area contributed by atoms with Crippen LogP contribution in [0.5, 0.6) is 0 Å². The highest BCUT2D eigenvalue weighted by Gasteiger charge is 2.31. The molecule has 2 aliphatic rings. The van der Waals surface area contributed by atoms with Gasteiger partial charge in [0.25, 0.3) is 0 Å². The average molecular weight is 299 g/mol. The van der Waals surface area contributed by atoms with Gasteiger partial charge in [0, 0.05) is 31.6 Å². The van der Waals surface area contributed by atoms with Crippen LogP contribution < -0.4 is 4.90 Å². The van der Waals surface area contributed by atoms with Crippen molar-refractivity contribution < 1.29 is 0 Å². The van der Waals surface area contributed by atoms with Gasteiger partial charge in [0.2, 0.25) is 0 Å². The normalized spacial score (nSPS) is 18.7. The predicted molar refractivity (Wildman–Crippen MR) is 82.7 cm³/mol. The van der Waals surface area contributed by atoms with Gasteiger partial charge < -0.3 is 4.90 Å². The van der Waals surface area contributed by atoms with Gasteiger partial charge in [0.15, 0.2) is 5.82 Å². The van der Waals surface area contributed by atoms with Crippen molar-refractivity contribution in [3.8, 4) is 0 Å². The number of anilines is 1. The molecule has 0 atom stereocenters. The van der Waals surface area contributed by atoms with E-state index in [4.69, 9.17) is 0 Å². The summed E-state index contributed by atoms with van der Waals surface area (Å²) in [6.07, 6.45) is 5.98. The second-order valence-corrected chi connectivity index (χ2v) is 6.26. The molecule has 116 valence electrons. The van der Waals surface area contributed by atoms with E-state index in [1.807, 2.05) is 0 Å². The Morgan fingerprint density at radius 1 is 1.14 bits per heavy atom. The van der Waals surface area contributed by atoms with Crippen LogP contribution in [0.15, 0.2) is 24.5 Å². The Morgan fingerprint density at radius 3 is 2.55 bits per heavy atom. The van der Waals surface area contributed by atoms with Crippen LogP contribution in [0.2, 0.25) is 0 Å². The topological polar surface area (TPSA) is 63.0 Å². The molecule has 0 radical (unpaired) electrons. The van der Waals surface area contributed by atoms with Crippen molar-refractivity contribution in [2.24, 2.45) is 0 Å². The van der Waals surface area contributed by atoms with Gasteiger partial charge >= 0.3 is 0 Å². The van der Waals surface area contributed by atoms with Crippen molar-refractivity contribution in [2.75, 3.05) is 31.6 Å². The van der Waals surface area contributed by atoms with E-state index in [2.05, 4.69) is 49.4 Å². The molecule has 1 aliphatic carbocycles. The lowest BCUT2D eigenvalue weighted by molar-refractivity contribution is 0.192. The minimum Gasteiger partial charge on any atom is -0.352 e. The van der Waals surface area contributed by atoms with Gasteiger partial charge in [-0.15, -0.1) is 5.10 Å². The van der Waals surface area contributed by atoms with Crippen molar-refractivity contribution in [1.82, 2.24) is 30.1 Å². The number of hydrogen-bond acceptors (Lipinski definition) is 6. The predicted octanol–water partition coefficient (Wildman–Crippen LogP) is 0.766. The molecule has 0 amide bonds. The van der Waals surface area contributed by atoms with Gasteiger partial charge in [-0.2, -0.15) is 20.1 Å². The number of nitrogens with zero attached hydrogens (tertiary/aromatic N) is 7. The summed E-state index contributed by atoms with van der Waals surface area (Å²) in [7, 11) is 2.16. The number of rotatable bonds is 6. The molecule has 1 aliphatic heterocycles. The summed E-state index contributed by atoms with van der Waals surface area (Å²) in [5, 5.41) is 17.0. The minimum atomic E-state index is 0.570. The second-order valence-electron chi connectivity index (χ2n) is 6.26. The molecule has 2 fully saturated rings. The zero-order valence-electron chi connectivity index (χ0n) is 12.8. The van der Waals surface area contributed by atoms with E-state index in [-0.39, 0.29) is 0 Å². The molecule has 1 saturated heterocycles. The Morgan fingerprint density at radius 2 is 1.91 bits per heavy atom. The molecule has 1 saturated carbocycles. The zero-order chi connectivity index (χ0) is 14.9. The molecular formula is C15H21N7. The third kappa shape index (κ3) is 2.81. The van der Waals surface area contributed by atoms with E-state index < -0.39 is 0 Å². The van der Waals surface area contributed by atoms with Crippen LogP contribution in [-0.4, -0.2) is 62.8 Å². The van der Waals surface area contributed by atoms with E-state index in [0.29, 0.717) is 12.0 Å². The van der Waals surface area contributed by atoms with Crippen LogP contribution in [-0.2, 0) is 6.54 Å². The fourth-order valence-electron chi connectivity index (χ4n) is 2.81. The number of aromatic nitrogens is 5. The summed E-state index contributed by atoms with van der Waals surface area (Å²) in [5.41, 5.74) is 1.16. The highest BCUT2D eigenvalue weighted by molar-refractivity contribution is 5.42. The molecule has 2 aromatic heterocycles. The summed E-state index contributed by atoms with van der Waals surface area (Å²) >= 11 is 0. The Labute approximate surface area is 129 Å². The van der Waals surface area contributed by atoms with E-state index in [1.54, 1.807) is 17.2 Å². The van der Waals surface area contributed by atoms with Crippen molar-refractivity contribution in [3.05, 3.63) is 30.2 Å². The van der Waals surface area contributed by atoms with Crippen LogP contribution in [0, 0.1) is 0 Å². The van der Waals surface area contributed by atoms with E-state index in [0.717, 1.165) is 37.7 Å². The fraction of sp³-hybridized carbons (Fsp3) is 0.600. The summed E-state index contributed by atoms with van der Waals surface area (Å²) in [5.74, 6) is 1.68. The second kappa shape index (κ2) is 5.64. The van der Waals surface area contributed by atoms with E-state index in [9.17, 15) is 0 Å². The molecule has 0 N–H and O–H groups in total. The summed E-state index contributed by atoms with van der Waals surface area (Å²) in [6.45, 7) is 3.82. The van der Waals surface area contributed by atoms with Crippen molar-refractivity contribution in [3.63, 3.8) is 0 Å². The minimum absolute atomic E-state index is 0.570. The Balaban J connectivity index is 1.26. The van der Waals surface area contributed by atoms with Crippen molar-refractivity contribution in [1.29, 1.82) is 0 Å². The van der Waals surface area contributed by atoms with Crippen molar-refractivity contribution >= 4 is 5.82 Å². The van der Waals surface area contributed by atoms with Gasteiger partial charge in [-0.1, -0.05) is 0 Å². The zero-order valence-corrected chi connectivity index (χ0v) is 12.8. The number of hydrogen-bond donors (Lipinski definition) is 0. The van der Waals surface area contributed by atoms with Crippen LogP contribution >= 0.6 is 0 Å². The Hall–Kier alpha value is -2.02. The van der Waals surface area contributed by atoms with E-state index >= 15 is 0 Å². The SMILES string of the molecule is CN(CCn1nccn1)C1CN(c2ccc(C3CC3)nn2)C1. The molecule has 7 nitrogen and oxygen atoms in total. The first-order chi connectivity index (χ1) is 10.8. The van der Waals surface area contributed by atoms with Crippen molar-refractivity contribution in [2.45, 2.75) is 31.3 Å². The maximum atomic E-state index is 4.38. The molecule has 0 bridgehead atoms. The Kier molecular flexibility index (Phi) is 3.49. The lowest BCUT2D eigenvalue weighted by Gasteiger charge is -2.44. The monoisotopic (exact) mass is 299 g/mol. The molecule has 4 rings (SSSR count). The van der Waals surface area contributed by atoms with Gasteiger partial charge in [-0.3, -0.25) is 4.90 Å². The van der Waals surface area contributed by atoms with Gasteiger partial charge in [-0.05, 0) is 32.0 Å². The third-order valence-corrected chi connectivity index (χ3v) is 4.60. The maximum Gasteiger partial charge on any atom is 0.151 e. The van der Waals surface area contributed by atoms with E-state index in [1.165, 1.54) is 12.8 Å². The largest absolute Gasteiger partial charge is 0.352 e. The highest BCUT2D eigenvalue weighted by Crippen LogP contribution is 2.38. The maximum absolute atomic E-state index is 4.38. The first kappa shape index (κ1) is 13.6. The summed E-state index contributed by atoms with van der Waals surface area (Å²) in [4.78, 5) is 6.39. The fourth-order valence-corrected chi connectivity index (χ4v) is 2.81. The van der Waals surface area contributed by atoms with Crippen LogP contribution in [0.25, 0.3) is 0 Å². The van der Waals surface area contributed by atoms with Crippen LogP contribution in [0.3, 0.4) is 0 Å². The summed E-state index contributed by atoms with van der Waals surface area (Å²) in [6, 6.07) is 4.82. The highest BCUT2D eigenvalue weighted by atomic mass is 15.5. The summed E-state index contributed by atoms with van der Waals surface area (Å²) < 4.78 is 0. The average Bonchev–Trinajstić information content (AvgIpc) is 3.21. The molecule has 22 heavy (non-hydrogen) atoms. The molecule has 0 unspecified atom stereocenters. The first-order valence-electron chi connectivity index (χ1n) is 7.92. The standard InChI is InChI=1S/C15H21N7/c1-20(8-9-22-16-6-7-17-22)13-10-21(11-13)15-5-4-14(18-19-15)12-2-3-12/h4-7,12-13H,2-3,8-11H2,1H3. The van der Waals surface area contributed by atoms with Crippen LogP contribution in [0.4, 0.5) is 5.82 Å². The van der Waals surface area contributed by atoms with Gasteiger partial charge in [-0.25, -0.2) is 0 Å². The Bertz CT molecular complexity index is 599. The van der Waals surface area contributed by atoms with Gasteiger partial charge in [0.1, 0.15) is 0 Å². The third-order valence-electron chi connectivity index (χ3n) is 4.60. The molecule has 2 aromatic rings.